The Balaban J connectivity index is 2.18. The molecule has 2 nitrogen and oxygen atoms in total. The number of aryl methyl sites for hydroxylation is 1. The molecule has 2 heteroatoms. The zero-order chi connectivity index (χ0) is 10.2. The van der Waals surface area contributed by atoms with Gasteiger partial charge in [-0.2, -0.15) is 0 Å². The molecular formula is C12H20N2. The van der Waals surface area contributed by atoms with Crippen molar-refractivity contribution in [2.75, 3.05) is 25.0 Å². The van der Waals surface area contributed by atoms with Gasteiger partial charge in [0.15, 0.2) is 0 Å². The van der Waals surface area contributed by atoms with Crippen LogP contribution in [-0.2, 0) is 0 Å². The van der Waals surface area contributed by atoms with E-state index in [9.17, 15) is 0 Å². The molecule has 0 bridgehead atoms. The van der Waals surface area contributed by atoms with Crippen LogP contribution in [-0.4, -0.2) is 19.6 Å². The lowest BCUT2D eigenvalue weighted by Gasteiger charge is -2.07. The highest BCUT2D eigenvalue weighted by Crippen LogP contribution is 2.08. The number of rotatable bonds is 6. The molecule has 0 radical (unpaired) electrons. The first kappa shape index (κ1) is 11.1. The summed E-state index contributed by atoms with van der Waals surface area (Å²) in [6, 6.07) is 8.46. The van der Waals surface area contributed by atoms with Crippen LogP contribution in [0.3, 0.4) is 0 Å². The van der Waals surface area contributed by atoms with Crippen LogP contribution in [0.15, 0.2) is 24.3 Å². The average molecular weight is 192 g/mol. The summed E-state index contributed by atoms with van der Waals surface area (Å²) < 4.78 is 0. The van der Waals surface area contributed by atoms with Gasteiger partial charge in [-0.05, 0) is 37.6 Å². The quantitative estimate of drug-likeness (QED) is 0.676. The molecular weight excluding hydrogens is 172 g/mol. The first-order valence-corrected chi connectivity index (χ1v) is 5.34. The van der Waals surface area contributed by atoms with Crippen LogP contribution in [0.4, 0.5) is 5.69 Å². The van der Waals surface area contributed by atoms with Crippen molar-refractivity contribution >= 4 is 5.69 Å². The largest absolute Gasteiger partial charge is 0.384 e. The number of nitrogens with one attached hydrogen (secondary N) is 2. The average Bonchev–Trinajstić information content (AvgIpc) is 2.18. The highest BCUT2D eigenvalue weighted by atomic mass is 14.9. The van der Waals surface area contributed by atoms with Gasteiger partial charge in [0.2, 0.25) is 0 Å². The zero-order valence-electron chi connectivity index (χ0n) is 9.14. The fourth-order valence-electron chi connectivity index (χ4n) is 1.35. The minimum atomic E-state index is 0.990. The number of hydrogen-bond acceptors (Lipinski definition) is 2. The van der Waals surface area contributed by atoms with E-state index < -0.39 is 0 Å². The number of benzene rings is 1. The third kappa shape index (κ3) is 4.28. The van der Waals surface area contributed by atoms with Crippen LogP contribution in [0.1, 0.15) is 18.9 Å². The summed E-state index contributed by atoms with van der Waals surface area (Å²) in [7, 11) is 0. The molecule has 0 saturated heterocycles. The maximum Gasteiger partial charge on any atom is 0.0343 e. The second kappa shape index (κ2) is 6.44. The molecule has 0 unspecified atom stereocenters. The molecule has 14 heavy (non-hydrogen) atoms. The first-order valence-electron chi connectivity index (χ1n) is 5.34. The predicted molar refractivity (Wildman–Crippen MR) is 62.8 cm³/mol. The van der Waals surface area contributed by atoms with Crippen LogP contribution >= 0.6 is 0 Å². The summed E-state index contributed by atoms with van der Waals surface area (Å²) in [5.74, 6) is 0. The monoisotopic (exact) mass is 192 g/mol. The van der Waals surface area contributed by atoms with E-state index in [0.717, 1.165) is 19.6 Å². The Bertz CT molecular complexity index is 258. The van der Waals surface area contributed by atoms with Crippen molar-refractivity contribution in [2.24, 2.45) is 0 Å². The summed E-state index contributed by atoms with van der Waals surface area (Å²) in [6.07, 6.45) is 1.20. The molecule has 0 fully saturated rings. The second-order valence-electron chi connectivity index (χ2n) is 3.55. The third-order valence-corrected chi connectivity index (χ3v) is 2.08. The Kier molecular flexibility index (Phi) is 5.08. The lowest BCUT2D eigenvalue weighted by molar-refractivity contribution is 0.688. The van der Waals surface area contributed by atoms with Crippen LogP contribution in [0, 0.1) is 6.92 Å². The fourth-order valence-corrected chi connectivity index (χ4v) is 1.35. The minimum absolute atomic E-state index is 0.990. The van der Waals surface area contributed by atoms with Crippen molar-refractivity contribution in [1.29, 1.82) is 0 Å². The van der Waals surface area contributed by atoms with E-state index in [1.54, 1.807) is 0 Å². The van der Waals surface area contributed by atoms with E-state index in [-0.39, 0.29) is 0 Å². The molecule has 0 aromatic heterocycles. The van der Waals surface area contributed by atoms with Gasteiger partial charge in [0.25, 0.3) is 0 Å². The van der Waals surface area contributed by atoms with Gasteiger partial charge in [-0.15, -0.1) is 0 Å². The van der Waals surface area contributed by atoms with Crippen molar-refractivity contribution in [3.63, 3.8) is 0 Å². The normalized spacial score (nSPS) is 10.1. The molecule has 78 valence electrons. The molecule has 0 atom stereocenters. The Morgan fingerprint density at radius 2 is 2.00 bits per heavy atom. The van der Waals surface area contributed by atoms with Gasteiger partial charge in [0.1, 0.15) is 0 Å². The van der Waals surface area contributed by atoms with Crippen molar-refractivity contribution in [3.8, 4) is 0 Å². The van der Waals surface area contributed by atoms with Gasteiger partial charge in [-0.3, -0.25) is 0 Å². The van der Waals surface area contributed by atoms with Crippen LogP contribution < -0.4 is 10.6 Å². The summed E-state index contributed by atoms with van der Waals surface area (Å²) in [5, 5.41) is 6.74. The van der Waals surface area contributed by atoms with Gasteiger partial charge in [-0.1, -0.05) is 19.1 Å². The summed E-state index contributed by atoms with van der Waals surface area (Å²) in [4.78, 5) is 0. The van der Waals surface area contributed by atoms with Crippen LogP contribution in [0.25, 0.3) is 0 Å². The molecule has 0 aliphatic rings. The van der Waals surface area contributed by atoms with E-state index >= 15 is 0 Å². The lowest BCUT2D eigenvalue weighted by Crippen LogP contribution is -2.22. The smallest absolute Gasteiger partial charge is 0.0343 e. The Morgan fingerprint density at radius 3 is 2.71 bits per heavy atom. The number of anilines is 1. The standard InChI is InChI=1S/C12H20N2/c1-3-7-13-8-9-14-12-6-4-5-11(2)10-12/h4-6,10,13-14H,3,7-9H2,1-2H3. The van der Waals surface area contributed by atoms with Crippen LogP contribution in [0.2, 0.25) is 0 Å². The highest BCUT2D eigenvalue weighted by Gasteiger charge is 1.90. The maximum absolute atomic E-state index is 3.38. The topological polar surface area (TPSA) is 24.1 Å². The second-order valence-corrected chi connectivity index (χ2v) is 3.55. The van der Waals surface area contributed by atoms with Gasteiger partial charge in [-0.25, -0.2) is 0 Å². The van der Waals surface area contributed by atoms with Crippen molar-refractivity contribution < 1.29 is 0 Å². The van der Waals surface area contributed by atoms with Gasteiger partial charge >= 0.3 is 0 Å². The highest BCUT2D eigenvalue weighted by molar-refractivity contribution is 5.45. The third-order valence-electron chi connectivity index (χ3n) is 2.08. The minimum Gasteiger partial charge on any atom is -0.384 e. The molecule has 1 rings (SSSR count). The Morgan fingerprint density at radius 1 is 1.14 bits per heavy atom. The molecule has 0 spiro atoms. The van der Waals surface area contributed by atoms with E-state index in [1.165, 1.54) is 17.7 Å². The van der Waals surface area contributed by atoms with E-state index in [0.29, 0.717) is 0 Å². The summed E-state index contributed by atoms with van der Waals surface area (Å²) in [6.45, 7) is 7.42. The van der Waals surface area contributed by atoms with Crippen molar-refractivity contribution in [3.05, 3.63) is 29.8 Å². The van der Waals surface area contributed by atoms with E-state index in [2.05, 4.69) is 48.7 Å². The zero-order valence-corrected chi connectivity index (χ0v) is 9.14. The molecule has 0 aliphatic heterocycles. The van der Waals surface area contributed by atoms with Gasteiger partial charge in [0.05, 0.1) is 0 Å². The molecule has 0 aliphatic carbocycles. The van der Waals surface area contributed by atoms with Crippen molar-refractivity contribution in [2.45, 2.75) is 20.3 Å². The maximum atomic E-state index is 3.38. The lowest BCUT2D eigenvalue weighted by atomic mass is 10.2. The van der Waals surface area contributed by atoms with Gasteiger partial charge in [0, 0.05) is 18.8 Å². The predicted octanol–water partition coefficient (Wildman–Crippen LogP) is 2.41. The van der Waals surface area contributed by atoms with E-state index in [1.807, 2.05) is 0 Å². The SMILES string of the molecule is CCCNCCNc1cccc(C)c1. The summed E-state index contributed by atoms with van der Waals surface area (Å²) in [5.41, 5.74) is 2.51. The van der Waals surface area contributed by atoms with Crippen LogP contribution in [0.5, 0.6) is 0 Å². The Hall–Kier alpha value is -1.02. The summed E-state index contributed by atoms with van der Waals surface area (Å²) >= 11 is 0. The molecule has 0 heterocycles. The molecule has 2 N–H and O–H groups in total. The number of hydrogen-bond donors (Lipinski definition) is 2. The molecule has 1 aromatic carbocycles. The van der Waals surface area contributed by atoms with Crippen molar-refractivity contribution in [1.82, 2.24) is 5.32 Å². The molecule has 0 amide bonds. The first-order chi connectivity index (χ1) is 6.83. The Labute approximate surface area is 86.7 Å². The molecule has 1 aromatic rings. The van der Waals surface area contributed by atoms with Gasteiger partial charge < -0.3 is 10.6 Å². The fraction of sp³-hybridized carbons (Fsp3) is 0.500. The molecule has 0 saturated carbocycles. The van der Waals surface area contributed by atoms with E-state index in [4.69, 9.17) is 0 Å².